The van der Waals surface area contributed by atoms with Gasteiger partial charge in [-0.15, -0.1) is 0 Å². The lowest BCUT2D eigenvalue weighted by Crippen LogP contribution is -2.37. The lowest BCUT2D eigenvalue weighted by Gasteiger charge is -2.31. The predicted octanol–water partition coefficient (Wildman–Crippen LogP) is 3.50. The molecule has 0 radical (unpaired) electrons. The minimum Gasteiger partial charge on any atom is -0.461 e. The number of allylic oxidation sites excluding steroid dienone is 1. The number of rotatable bonds is 8. The fourth-order valence-electron chi connectivity index (χ4n) is 3.30. The van der Waals surface area contributed by atoms with E-state index in [0.29, 0.717) is 11.4 Å². The molecule has 0 saturated carbocycles. The highest BCUT2D eigenvalue weighted by atomic mass is 16.6. The van der Waals surface area contributed by atoms with E-state index in [1.165, 1.54) is 30.4 Å². The highest BCUT2D eigenvalue weighted by Gasteiger charge is 2.44. The summed E-state index contributed by atoms with van der Waals surface area (Å²) in [6.07, 6.45) is 2.81. The van der Waals surface area contributed by atoms with Crippen LogP contribution in [0.3, 0.4) is 0 Å². The Kier molecular flexibility index (Phi) is 7.19. The summed E-state index contributed by atoms with van der Waals surface area (Å²) in [4.78, 5) is 41.0. The van der Waals surface area contributed by atoms with Crippen molar-refractivity contribution in [1.82, 2.24) is 0 Å². The van der Waals surface area contributed by atoms with Gasteiger partial charge in [-0.2, -0.15) is 0 Å². The van der Waals surface area contributed by atoms with Crippen LogP contribution in [0.1, 0.15) is 25.3 Å². The summed E-state index contributed by atoms with van der Waals surface area (Å²) < 4.78 is 10.4. The van der Waals surface area contributed by atoms with Crippen LogP contribution in [0.2, 0.25) is 0 Å². The third-order valence-electron chi connectivity index (χ3n) is 4.45. The summed E-state index contributed by atoms with van der Waals surface area (Å²) in [6, 6.07) is 5.97. The number of nitrogens with zero attached hydrogens (tertiary/aromatic N) is 2. The second kappa shape index (κ2) is 9.59. The monoisotopic (exact) mass is 398 g/mol. The average molecular weight is 398 g/mol. The van der Waals surface area contributed by atoms with E-state index in [1.807, 2.05) is 0 Å². The van der Waals surface area contributed by atoms with Gasteiger partial charge in [0.2, 0.25) is 0 Å². The molecule has 8 nitrogen and oxygen atoms in total. The van der Waals surface area contributed by atoms with Crippen molar-refractivity contribution in [2.45, 2.75) is 19.8 Å². The van der Waals surface area contributed by atoms with Crippen LogP contribution < -0.4 is 0 Å². The summed E-state index contributed by atoms with van der Waals surface area (Å²) in [6.45, 7) is 10.2. The van der Waals surface area contributed by atoms with Crippen LogP contribution in [0, 0.1) is 16.0 Å². The lowest BCUT2D eigenvalue weighted by molar-refractivity contribution is -0.385. The molecule has 1 aromatic rings. The minimum atomic E-state index is -1.02. The van der Waals surface area contributed by atoms with Crippen molar-refractivity contribution < 1.29 is 24.0 Å². The number of ether oxygens (including phenoxy) is 2. The lowest BCUT2D eigenvalue weighted by atomic mass is 9.75. The van der Waals surface area contributed by atoms with Crippen LogP contribution in [0.5, 0.6) is 0 Å². The Morgan fingerprint density at radius 1 is 1.17 bits per heavy atom. The number of hydrogen-bond donors (Lipinski definition) is 0. The molecule has 0 spiro atoms. The van der Waals surface area contributed by atoms with E-state index in [0.717, 1.165) is 0 Å². The van der Waals surface area contributed by atoms with Crippen molar-refractivity contribution in [3.8, 4) is 0 Å². The number of aliphatic imine (C=N–C) groups is 1. The van der Waals surface area contributed by atoms with Gasteiger partial charge >= 0.3 is 11.9 Å². The number of esters is 2. The first kappa shape index (κ1) is 21.7. The first-order valence-corrected chi connectivity index (χ1v) is 8.88. The zero-order valence-electron chi connectivity index (χ0n) is 16.3. The van der Waals surface area contributed by atoms with Gasteiger partial charge in [-0.1, -0.05) is 43.5 Å². The maximum Gasteiger partial charge on any atom is 0.336 e. The second-order valence-corrected chi connectivity index (χ2v) is 6.33. The van der Waals surface area contributed by atoms with Crippen molar-refractivity contribution in [1.29, 1.82) is 0 Å². The van der Waals surface area contributed by atoms with Gasteiger partial charge in [-0.05, 0) is 13.8 Å². The Labute approximate surface area is 168 Å². The Bertz CT molecular complexity index is 916. The number of carbonyl (C=O) groups is 2. The zero-order chi connectivity index (χ0) is 21.6. The third kappa shape index (κ3) is 4.66. The van der Waals surface area contributed by atoms with Gasteiger partial charge in [0, 0.05) is 29.0 Å². The molecule has 1 aromatic carbocycles. The van der Waals surface area contributed by atoms with E-state index in [-0.39, 0.29) is 30.0 Å². The van der Waals surface area contributed by atoms with Gasteiger partial charge in [-0.3, -0.25) is 19.9 Å². The number of para-hydroxylation sites is 1. The van der Waals surface area contributed by atoms with E-state index in [9.17, 15) is 19.7 Å². The molecule has 0 amide bonds. The van der Waals surface area contributed by atoms with E-state index < -0.39 is 28.7 Å². The van der Waals surface area contributed by atoms with Gasteiger partial charge < -0.3 is 9.47 Å². The van der Waals surface area contributed by atoms with Gasteiger partial charge in [-0.25, -0.2) is 4.79 Å². The SMILES string of the molecule is C=CCOC(=O)C1=C(C)N=C(C)C(C(=O)OCC=C)C1c1ccccc1[N+](=O)[O-]. The molecule has 0 aromatic heterocycles. The second-order valence-electron chi connectivity index (χ2n) is 6.33. The number of benzene rings is 1. The molecule has 0 saturated heterocycles. The van der Waals surface area contributed by atoms with E-state index in [4.69, 9.17) is 9.47 Å². The Morgan fingerprint density at radius 2 is 1.79 bits per heavy atom. The molecule has 0 fully saturated rings. The fourth-order valence-corrected chi connectivity index (χ4v) is 3.30. The number of carbonyl (C=O) groups excluding carboxylic acids is 2. The first-order valence-electron chi connectivity index (χ1n) is 8.88. The largest absolute Gasteiger partial charge is 0.461 e. The molecule has 2 unspecified atom stereocenters. The summed E-state index contributed by atoms with van der Waals surface area (Å²) in [5.74, 6) is -3.38. The van der Waals surface area contributed by atoms with Crippen molar-refractivity contribution in [3.63, 3.8) is 0 Å². The normalized spacial score (nSPS) is 18.5. The van der Waals surface area contributed by atoms with Crippen molar-refractivity contribution in [2.24, 2.45) is 10.9 Å². The molecule has 0 N–H and O–H groups in total. The molecule has 29 heavy (non-hydrogen) atoms. The highest BCUT2D eigenvalue weighted by molar-refractivity contribution is 6.07. The summed E-state index contributed by atoms with van der Waals surface area (Å²) in [5.41, 5.74) is 0.785. The molecular formula is C21H22N2O6. The molecule has 1 aliphatic rings. The van der Waals surface area contributed by atoms with Gasteiger partial charge in [0.05, 0.1) is 10.5 Å². The molecule has 0 aliphatic carbocycles. The first-order chi connectivity index (χ1) is 13.8. The topological polar surface area (TPSA) is 108 Å². The maximum absolute atomic E-state index is 12.8. The number of hydrogen-bond acceptors (Lipinski definition) is 7. The maximum atomic E-state index is 12.8. The Balaban J connectivity index is 2.69. The predicted molar refractivity (Wildman–Crippen MR) is 107 cm³/mol. The Morgan fingerprint density at radius 3 is 2.41 bits per heavy atom. The van der Waals surface area contributed by atoms with Gasteiger partial charge in [0.1, 0.15) is 19.1 Å². The van der Waals surface area contributed by atoms with Crippen LogP contribution >= 0.6 is 0 Å². The number of nitro benzene ring substituents is 1. The molecule has 1 heterocycles. The van der Waals surface area contributed by atoms with Crippen molar-refractivity contribution in [2.75, 3.05) is 13.2 Å². The molecule has 0 bridgehead atoms. The number of nitro groups is 1. The smallest absolute Gasteiger partial charge is 0.336 e. The van der Waals surface area contributed by atoms with Crippen LogP contribution in [0.25, 0.3) is 0 Å². The summed E-state index contributed by atoms with van der Waals surface area (Å²) in [5, 5.41) is 11.6. The average Bonchev–Trinajstić information content (AvgIpc) is 2.69. The minimum absolute atomic E-state index is 0.0366. The highest BCUT2D eigenvalue weighted by Crippen LogP contribution is 2.43. The summed E-state index contributed by atoms with van der Waals surface area (Å²) >= 11 is 0. The van der Waals surface area contributed by atoms with Crippen molar-refractivity contribution >= 4 is 23.3 Å². The van der Waals surface area contributed by atoms with E-state index in [2.05, 4.69) is 18.2 Å². The third-order valence-corrected chi connectivity index (χ3v) is 4.45. The zero-order valence-corrected chi connectivity index (χ0v) is 16.3. The van der Waals surface area contributed by atoms with Crippen LogP contribution in [-0.4, -0.2) is 35.8 Å². The van der Waals surface area contributed by atoms with Gasteiger partial charge in [0.25, 0.3) is 5.69 Å². The fraction of sp³-hybridized carbons (Fsp3) is 0.286. The van der Waals surface area contributed by atoms with Crippen LogP contribution in [0.15, 0.2) is 65.8 Å². The molecule has 152 valence electrons. The van der Waals surface area contributed by atoms with Crippen LogP contribution in [0.4, 0.5) is 5.69 Å². The van der Waals surface area contributed by atoms with Gasteiger partial charge in [0.15, 0.2) is 0 Å². The Hall–Kier alpha value is -3.55. The van der Waals surface area contributed by atoms with Crippen LogP contribution in [-0.2, 0) is 19.1 Å². The van der Waals surface area contributed by atoms with E-state index >= 15 is 0 Å². The molecule has 2 rings (SSSR count). The summed E-state index contributed by atoms with van der Waals surface area (Å²) in [7, 11) is 0. The van der Waals surface area contributed by atoms with Crippen molar-refractivity contribution in [3.05, 3.63) is 76.5 Å². The quantitative estimate of drug-likeness (QED) is 0.287. The molecule has 2 atom stereocenters. The standard InChI is InChI=1S/C21H22N2O6/c1-5-11-28-20(24)17-13(3)22-14(4)18(21(25)29-12-6-2)19(17)15-9-7-8-10-16(15)23(26)27/h5-10,17,19H,1-2,11-12H2,3-4H3. The molecule has 1 aliphatic heterocycles. The molecule has 8 heteroatoms. The van der Waals surface area contributed by atoms with E-state index in [1.54, 1.807) is 19.9 Å². The molecular weight excluding hydrogens is 376 g/mol.